The average Bonchev–Trinajstić information content (AvgIpc) is 3.02. The molecule has 0 heterocycles. The zero-order chi connectivity index (χ0) is 21.1. The molecule has 3 N–H and O–H groups in total. The minimum Gasteiger partial charge on any atom is -0.481 e. The number of halogens is 1. The Bertz CT molecular complexity index is 640. The highest BCUT2D eigenvalue weighted by molar-refractivity contribution is 5.66. The monoisotopic (exact) mass is 410 g/mol. The van der Waals surface area contributed by atoms with E-state index in [0.29, 0.717) is 36.5 Å². The Labute approximate surface area is 174 Å². The molecule has 11 atom stereocenters. The zero-order valence-corrected chi connectivity index (χ0v) is 18.2. The summed E-state index contributed by atoms with van der Waals surface area (Å²) in [6, 6.07) is 0. The third kappa shape index (κ3) is 3.26. The lowest BCUT2D eigenvalue weighted by Crippen LogP contribution is -2.63. The van der Waals surface area contributed by atoms with Gasteiger partial charge in [0.15, 0.2) is 0 Å². The summed E-state index contributed by atoms with van der Waals surface area (Å²) in [7, 11) is 0. The van der Waals surface area contributed by atoms with Crippen molar-refractivity contribution >= 4 is 5.97 Å². The number of carbonyl (C=O) groups is 1. The molecular weight excluding hydrogens is 371 g/mol. The van der Waals surface area contributed by atoms with Crippen molar-refractivity contribution in [2.45, 2.75) is 96.9 Å². The SMILES string of the molecule is C[C@H](CCC(=O)O)[C@H]1CCC2C3C(O)[C@H](F)[C@@H]4C[C@H](O)CC[C@]4(C)C3CC[C@@]21C. The van der Waals surface area contributed by atoms with E-state index in [-0.39, 0.29) is 29.1 Å². The number of carboxylic acid groups (broad SMARTS) is 1. The van der Waals surface area contributed by atoms with Crippen molar-refractivity contribution in [2.75, 3.05) is 0 Å². The second-order valence-electron chi connectivity index (χ2n) is 11.4. The first kappa shape index (κ1) is 21.5. The van der Waals surface area contributed by atoms with Gasteiger partial charge in [0.2, 0.25) is 0 Å². The maximum Gasteiger partial charge on any atom is 0.303 e. The van der Waals surface area contributed by atoms with Crippen LogP contribution in [0.3, 0.4) is 0 Å². The summed E-state index contributed by atoms with van der Waals surface area (Å²) in [5.41, 5.74) is -0.0615. The molecule has 0 bridgehead atoms. The standard InChI is InChI=1S/C24H39FO4/c1-13(4-7-19(27)28)15-5-6-16-20-17(9-11-23(15,16)2)24(3)10-8-14(26)12-18(24)21(25)22(20)29/h13-18,20-22,26,29H,4-12H2,1-3H3,(H,27,28)/t13-,14-,15-,16?,17?,18+,20?,21-,22?,23-,24-/m1/s1. The normalized spacial score (nSPS) is 52.9. The van der Waals surface area contributed by atoms with Crippen LogP contribution >= 0.6 is 0 Å². The molecule has 4 nitrogen and oxygen atoms in total. The zero-order valence-electron chi connectivity index (χ0n) is 18.2. The quantitative estimate of drug-likeness (QED) is 0.641. The summed E-state index contributed by atoms with van der Waals surface area (Å²) in [5.74, 6) is 0.464. The van der Waals surface area contributed by atoms with E-state index < -0.39 is 24.3 Å². The molecule has 4 unspecified atom stereocenters. The summed E-state index contributed by atoms with van der Waals surface area (Å²) in [4.78, 5) is 11.0. The molecule has 0 aromatic rings. The Balaban J connectivity index is 1.59. The lowest BCUT2D eigenvalue weighted by Gasteiger charge is -2.63. The van der Waals surface area contributed by atoms with Crippen molar-refractivity contribution < 1.29 is 24.5 Å². The molecule has 5 heteroatoms. The largest absolute Gasteiger partial charge is 0.481 e. The number of carboxylic acids is 1. The Morgan fingerprint density at radius 1 is 1.03 bits per heavy atom. The van der Waals surface area contributed by atoms with Gasteiger partial charge in [0.25, 0.3) is 0 Å². The Kier molecular flexibility index (Phi) is 5.55. The molecular formula is C24H39FO4. The molecule has 0 radical (unpaired) electrons. The minimum absolute atomic E-state index is 0.00285. The molecule has 4 fully saturated rings. The smallest absolute Gasteiger partial charge is 0.303 e. The second kappa shape index (κ2) is 7.47. The summed E-state index contributed by atoms with van der Waals surface area (Å²) >= 11 is 0. The van der Waals surface area contributed by atoms with Gasteiger partial charge in [-0.3, -0.25) is 4.79 Å². The van der Waals surface area contributed by atoms with Crippen molar-refractivity contribution in [3.63, 3.8) is 0 Å². The van der Waals surface area contributed by atoms with E-state index in [9.17, 15) is 15.0 Å². The van der Waals surface area contributed by atoms with E-state index >= 15 is 4.39 Å². The molecule has 4 aliphatic rings. The van der Waals surface area contributed by atoms with E-state index in [0.717, 1.165) is 38.5 Å². The van der Waals surface area contributed by atoms with Crippen molar-refractivity contribution in [1.82, 2.24) is 0 Å². The Morgan fingerprint density at radius 3 is 2.38 bits per heavy atom. The van der Waals surface area contributed by atoms with E-state index in [2.05, 4.69) is 20.8 Å². The van der Waals surface area contributed by atoms with Crippen LogP contribution in [0.1, 0.15) is 78.6 Å². The van der Waals surface area contributed by atoms with Gasteiger partial charge >= 0.3 is 5.97 Å². The highest BCUT2D eigenvalue weighted by atomic mass is 19.1. The summed E-state index contributed by atoms with van der Waals surface area (Å²) in [6.45, 7) is 6.74. The highest BCUT2D eigenvalue weighted by Crippen LogP contribution is 2.68. The van der Waals surface area contributed by atoms with Crippen LogP contribution < -0.4 is 0 Å². The fraction of sp³-hybridized carbons (Fsp3) is 0.958. The van der Waals surface area contributed by atoms with Crippen LogP contribution in [-0.2, 0) is 4.79 Å². The average molecular weight is 411 g/mol. The topological polar surface area (TPSA) is 77.8 Å². The highest BCUT2D eigenvalue weighted by Gasteiger charge is 2.65. The van der Waals surface area contributed by atoms with Crippen molar-refractivity contribution in [2.24, 2.45) is 46.3 Å². The van der Waals surface area contributed by atoms with Gasteiger partial charge in [-0.2, -0.15) is 0 Å². The number of hydrogen-bond donors (Lipinski definition) is 3. The first-order valence-corrected chi connectivity index (χ1v) is 11.8. The number of hydrogen-bond acceptors (Lipinski definition) is 3. The van der Waals surface area contributed by atoms with Crippen LogP contribution in [0.2, 0.25) is 0 Å². The second-order valence-corrected chi connectivity index (χ2v) is 11.4. The Hall–Kier alpha value is -0.680. The minimum atomic E-state index is -1.25. The lowest BCUT2D eigenvalue weighted by molar-refractivity contribution is -0.206. The molecule has 4 saturated carbocycles. The van der Waals surface area contributed by atoms with Crippen molar-refractivity contribution in [3.8, 4) is 0 Å². The van der Waals surface area contributed by atoms with E-state index in [1.54, 1.807) is 0 Å². The van der Waals surface area contributed by atoms with Gasteiger partial charge in [0, 0.05) is 12.3 Å². The maximum atomic E-state index is 15.5. The van der Waals surface area contributed by atoms with E-state index in [1.807, 2.05) is 0 Å². The van der Waals surface area contributed by atoms with Crippen LogP contribution in [0.25, 0.3) is 0 Å². The van der Waals surface area contributed by atoms with Crippen molar-refractivity contribution in [1.29, 1.82) is 0 Å². The van der Waals surface area contributed by atoms with Crippen LogP contribution in [0.4, 0.5) is 4.39 Å². The lowest BCUT2D eigenvalue weighted by atomic mass is 9.43. The van der Waals surface area contributed by atoms with Crippen molar-refractivity contribution in [3.05, 3.63) is 0 Å². The molecule has 4 rings (SSSR count). The molecule has 166 valence electrons. The number of alkyl halides is 1. The fourth-order valence-corrected chi connectivity index (χ4v) is 8.72. The summed E-state index contributed by atoms with van der Waals surface area (Å²) in [5, 5.41) is 30.4. The number of aliphatic carboxylic acids is 1. The molecule has 0 spiro atoms. The van der Waals surface area contributed by atoms with Crippen LogP contribution in [-0.4, -0.2) is 39.7 Å². The van der Waals surface area contributed by atoms with Gasteiger partial charge < -0.3 is 15.3 Å². The number of aliphatic hydroxyl groups is 2. The number of fused-ring (bicyclic) bond motifs is 5. The van der Waals surface area contributed by atoms with Crippen LogP contribution in [0.15, 0.2) is 0 Å². The Morgan fingerprint density at radius 2 is 1.69 bits per heavy atom. The van der Waals surface area contributed by atoms with Gasteiger partial charge in [-0.05, 0) is 91.8 Å². The molecule has 29 heavy (non-hydrogen) atoms. The van der Waals surface area contributed by atoms with Gasteiger partial charge in [-0.1, -0.05) is 20.8 Å². The third-order valence-corrected chi connectivity index (χ3v) is 10.2. The molecule has 0 aliphatic heterocycles. The molecule has 0 amide bonds. The van der Waals surface area contributed by atoms with Gasteiger partial charge in [0.05, 0.1) is 12.2 Å². The first-order valence-electron chi connectivity index (χ1n) is 11.8. The van der Waals surface area contributed by atoms with Gasteiger partial charge in [0.1, 0.15) is 6.17 Å². The predicted molar refractivity (Wildman–Crippen MR) is 109 cm³/mol. The fourth-order valence-electron chi connectivity index (χ4n) is 8.72. The van der Waals surface area contributed by atoms with Gasteiger partial charge in [-0.15, -0.1) is 0 Å². The van der Waals surface area contributed by atoms with Crippen LogP contribution in [0, 0.1) is 46.3 Å². The predicted octanol–water partition coefficient (Wildman–Crippen LogP) is 4.43. The first-order chi connectivity index (χ1) is 13.6. The van der Waals surface area contributed by atoms with Gasteiger partial charge in [-0.25, -0.2) is 4.39 Å². The molecule has 0 saturated heterocycles. The van der Waals surface area contributed by atoms with E-state index in [4.69, 9.17) is 5.11 Å². The maximum absolute atomic E-state index is 15.5. The summed E-state index contributed by atoms with van der Waals surface area (Å²) in [6.07, 6.45) is 4.57. The number of aliphatic hydroxyl groups excluding tert-OH is 2. The van der Waals surface area contributed by atoms with E-state index in [1.165, 1.54) is 0 Å². The molecule has 0 aromatic heterocycles. The summed E-state index contributed by atoms with van der Waals surface area (Å²) < 4.78 is 15.5. The number of rotatable bonds is 4. The molecule has 0 aromatic carbocycles. The third-order valence-electron chi connectivity index (χ3n) is 10.2. The van der Waals surface area contributed by atoms with Crippen LogP contribution in [0.5, 0.6) is 0 Å². The molecule has 4 aliphatic carbocycles.